The molecule has 0 spiro atoms. The van der Waals surface area contributed by atoms with Gasteiger partial charge in [0.25, 0.3) is 0 Å². The minimum Gasteiger partial charge on any atom is -0.369 e. The van der Waals surface area contributed by atoms with Gasteiger partial charge in [0.05, 0.1) is 6.61 Å². The standard InChI is InChI=1S/C22H24FN3O3/c23-18-6-8-19(9-7-18)24-10-12-25(13-11-24)22(28)20-15-29-16-21(27)26(20)14-17-4-2-1-3-5-17/h1-9,20H,10-16H2/t20-/m0/s1. The minimum atomic E-state index is -0.603. The van der Waals surface area contributed by atoms with Crippen LogP contribution in [0.1, 0.15) is 5.56 Å². The molecule has 0 bridgehead atoms. The molecule has 2 fully saturated rings. The van der Waals surface area contributed by atoms with Crippen LogP contribution in [0.15, 0.2) is 54.6 Å². The summed E-state index contributed by atoms with van der Waals surface area (Å²) in [5.74, 6) is -0.501. The molecular weight excluding hydrogens is 373 g/mol. The number of carbonyl (C=O) groups is 2. The lowest BCUT2D eigenvalue weighted by Gasteiger charge is -2.41. The Bertz CT molecular complexity index is 851. The summed E-state index contributed by atoms with van der Waals surface area (Å²) in [4.78, 5) is 31.2. The van der Waals surface area contributed by atoms with Gasteiger partial charge in [-0.1, -0.05) is 30.3 Å². The molecule has 2 aromatic carbocycles. The van der Waals surface area contributed by atoms with Crippen molar-refractivity contribution in [1.29, 1.82) is 0 Å². The molecule has 6 nitrogen and oxygen atoms in total. The van der Waals surface area contributed by atoms with Crippen LogP contribution >= 0.6 is 0 Å². The molecular formula is C22H24FN3O3. The highest BCUT2D eigenvalue weighted by atomic mass is 19.1. The predicted octanol–water partition coefficient (Wildman–Crippen LogP) is 1.90. The average molecular weight is 397 g/mol. The summed E-state index contributed by atoms with van der Waals surface area (Å²) < 4.78 is 18.5. The van der Waals surface area contributed by atoms with Gasteiger partial charge in [0.15, 0.2) is 0 Å². The van der Waals surface area contributed by atoms with Crippen molar-refractivity contribution in [3.63, 3.8) is 0 Å². The first-order valence-corrected chi connectivity index (χ1v) is 9.82. The van der Waals surface area contributed by atoms with Crippen molar-refractivity contribution < 1.29 is 18.7 Å². The molecule has 0 aliphatic carbocycles. The van der Waals surface area contributed by atoms with Gasteiger partial charge in [-0.2, -0.15) is 0 Å². The number of halogens is 1. The summed E-state index contributed by atoms with van der Waals surface area (Å²) in [6.07, 6.45) is 0. The van der Waals surface area contributed by atoms with Crippen LogP contribution in [0.2, 0.25) is 0 Å². The number of anilines is 1. The minimum absolute atomic E-state index is 0.00889. The van der Waals surface area contributed by atoms with Crippen LogP contribution < -0.4 is 4.90 Å². The summed E-state index contributed by atoms with van der Waals surface area (Å²) in [7, 11) is 0. The summed E-state index contributed by atoms with van der Waals surface area (Å²) in [5.41, 5.74) is 1.93. The quantitative estimate of drug-likeness (QED) is 0.791. The highest BCUT2D eigenvalue weighted by Gasteiger charge is 2.37. The van der Waals surface area contributed by atoms with Crippen LogP contribution in [-0.2, 0) is 20.9 Å². The second-order valence-corrected chi connectivity index (χ2v) is 7.33. The summed E-state index contributed by atoms with van der Waals surface area (Å²) in [6.45, 7) is 3.06. The molecule has 152 valence electrons. The van der Waals surface area contributed by atoms with E-state index in [0.29, 0.717) is 32.7 Å². The maximum Gasteiger partial charge on any atom is 0.249 e. The SMILES string of the molecule is O=C([C@@H]1COCC(=O)N1Cc1ccccc1)N1CCN(c2ccc(F)cc2)CC1. The van der Waals surface area contributed by atoms with E-state index in [2.05, 4.69) is 4.90 Å². The Morgan fingerprint density at radius 2 is 1.69 bits per heavy atom. The van der Waals surface area contributed by atoms with Crippen LogP contribution in [0.5, 0.6) is 0 Å². The van der Waals surface area contributed by atoms with E-state index in [0.717, 1.165) is 11.3 Å². The first-order chi connectivity index (χ1) is 14.1. The highest BCUT2D eigenvalue weighted by Crippen LogP contribution is 2.20. The van der Waals surface area contributed by atoms with E-state index in [-0.39, 0.29) is 30.8 Å². The largest absolute Gasteiger partial charge is 0.369 e. The molecule has 0 aromatic heterocycles. The van der Waals surface area contributed by atoms with E-state index in [1.807, 2.05) is 30.3 Å². The Labute approximate surface area is 169 Å². The molecule has 2 aliphatic rings. The van der Waals surface area contributed by atoms with Crippen molar-refractivity contribution in [3.05, 3.63) is 66.0 Å². The maximum atomic E-state index is 13.2. The normalized spacial score (nSPS) is 20.1. The lowest BCUT2D eigenvalue weighted by molar-refractivity contribution is -0.160. The van der Waals surface area contributed by atoms with E-state index in [9.17, 15) is 14.0 Å². The predicted molar refractivity (Wildman–Crippen MR) is 107 cm³/mol. The van der Waals surface area contributed by atoms with Crippen LogP contribution in [0.3, 0.4) is 0 Å². The number of morpholine rings is 1. The molecule has 0 radical (unpaired) electrons. The van der Waals surface area contributed by atoms with Gasteiger partial charge in [0.1, 0.15) is 18.5 Å². The second-order valence-electron chi connectivity index (χ2n) is 7.33. The van der Waals surface area contributed by atoms with Gasteiger partial charge in [-0.3, -0.25) is 9.59 Å². The number of rotatable bonds is 4. The smallest absolute Gasteiger partial charge is 0.249 e. The number of carbonyl (C=O) groups excluding carboxylic acids is 2. The van der Waals surface area contributed by atoms with Crippen molar-refractivity contribution in [2.24, 2.45) is 0 Å². The summed E-state index contributed by atoms with van der Waals surface area (Å²) in [5, 5.41) is 0. The summed E-state index contributed by atoms with van der Waals surface area (Å²) in [6, 6.07) is 15.5. The zero-order chi connectivity index (χ0) is 20.2. The number of amides is 2. The number of hydrogen-bond acceptors (Lipinski definition) is 4. The molecule has 2 heterocycles. The maximum absolute atomic E-state index is 13.2. The third-order valence-electron chi connectivity index (χ3n) is 5.46. The van der Waals surface area contributed by atoms with Gasteiger partial charge in [-0.15, -0.1) is 0 Å². The van der Waals surface area contributed by atoms with Gasteiger partial charge < -0.3 is 19.4 Å². The molecule has 2 saturated heterocycles. The van der Waals surface area contributed by atoms with Crippen molar-refractivity contribution >= 4 is 17.5 Å². The highest BCUT2D eigenvalue weighted by molar-refractivity contribution is 5.89. The van der Waals surface area contributed by atoms with Crippen LogP contribution in [0.4, 0.5) is 10.1 Å². The molecule has 1 atom stereocenters. The number of nitrogens with zero attached hydrogens (tertiary/aromatic N) is 3. The van der Waals surface area contributed by atoms with Gasteiger partial charge in [0, 0.05) is 38.4 Å². The Balaban J connectivity index is 1.41. The molecule has 7 heteroatoms. The second kappa shape index (κ2) is 8.61. The molecule has 4 rings (SSSR count). The van der Waals surface area contributed by atoms with Gasteiger partial charge in [-0.25, -0.2) is 4.39 Å². The fourth-order valence-corrected chi connectivity index (χ4v) is 3.84. The van der Waals surface area contributed by atoms with Crippen molar-refractivity contribution in [3.8, 4) is 0 Å². The fraction of sp³-hybridized carbons (Fsp3) is 0.364. The van der Waals surface area contributed by atoms with E-state index < -0.39 is 6.04 Å². The number of piperazine rings is 1. The zero-order valence-electron chi connectivity index (χ0n) is 16.2. The topological polar surface area (TPSA) is 53.1 Å². The van der Waals surface area contributed by atoms with Crippen LogP contribution in [0.25, 0.3) is 0 Å². The number of ether oxygens (including phenoxy) is 1. The summed E-state index contributed by atoms with van der Waals surface area (Å²) >= 11 is 0. The molecule has 0 N–H and O–H groups in total. The van der Waals surface area contributed by atoms with Gasteiger partial charge in [-0.05, 0) is 29.8 Å². The van der Waals surface area contributed by atoms with Gasteiger partial charge >= 0.3 is 0 Å². The number of benzene rings is 2. The number of hydrogen-bond donors (Lipinski definition) is 0. The molecule has 0 saturated carbocycles. The third kappa shape index (κ3) is 4.40. The molecule has 29 heavy (non-hydrogen) atoms. The average Bonchev–Trinajstić information content (AvgIpc) is 2.76. The first kappa shape index (κ1) is 19.4. The van der Waals surface area contributed by atoms with Crippen LogP contribution in [0, 0.1) is 5.82 Å². The Kier molecular flexibility index (Phi) is 5.76. The Morgan fingerprint density at radius 1 is 1.00 bits per heavy atom. The van der Waals surface area contributed by atoms with Crippen LogP contribution in [-0.4, -0.2) is 67.0 Å². The van der Waals surface area contributed by atoms with Crippen molar-refractivity contribution in [2.75, 3.05) is 44.3 Å². The van der Waals surface area contributed by atoms with Gasteiger partial charge in [0.2, 0.25) is 11.8 Å². The van der Waals surface area contributed by atoms with E-state index in [4.69, 9.17) is 4.74 Å². The molecule has 2 amide bonds. The van der Waals surface area contributed by atoms with Crippen molar-refractivity contribution in [2.45, 2.75) is 12.6 Å². The molecule has 2 aromatic rings. The lowest BCUT2D eigenvalue weighted by atomic mass is 10.1. The van der Waals surface area contributed by atoms with Crippen molar-refractivity contribution in [1.82, 2.24) is 9.80 Å². The Hall–Kier alpha value is -2.93. The van der Waals surface area contributed by atoms with E-state index in [1.54, 1.807) is 21.9 Å². The van der Waals surface area contributed by atoms with E-state index in [1.165, 1.54) is 12.1 Å². The monoisotopic (exact) mass is 397 g/mol. The zero-order valence-corrected chi connectivity index (χ0v) is 16.2. The fourth-order valence-electron chi connectivity index (χ4n) is 3.84. The third-order valence-corrected chi connectivity index (χ3v) is 5.46. The van der Waals surface area contributed by atoms with E-state index >= 15 is 0 Å². The molecule has 2 aliphatic heterocycles. The lowest BCUT2D eigenvalue weighted by Crippen LogP contribution is -2.59. The Morgan fingerprint density at radius 3 is 2.38 bits per heavy atom. The molecule has 0 unspecified atom stereocenters. The first-order valence-electron chi connectivity index (χ1n) is 9.82.